The number of ether oxygens (including phenoxy) is 3. The molecule has 10 heteroatoms. The van der Waals surface area contributed by atoms with E-state index in [1.807, 2.05) is 0 Å². The number of Topliss-reactive ketones (excluding diaryl/α,β-unsaturated/α-hetero) is 1. The maximum absolute atomic E-state index is 14.1. The molecule has 0 aliphatic carbocycles. The third kappa shape index (κ3) is 4.06. The molecule has 1 heterocycles. The second-order valence-electron chi connectivity index (χ2n) is 7.77. The molecular weight excluding hydrogens is 476 g/mol. The van der Waals surface area contributed by atoms with E-state index in [2.05, 4.69) is 0 Å². The summed E-state index contributed by atoms with van der Waals surface area (Å²) in [6.07, 6.45) is 0. The first-order chi connectivity index (χ1) is 17.2. The van der Waals surface area contributed by atoms with Gasteiger partial charge in [-0.05, 0) is 48.0 Å². The van der Waals surface area contributed by atoms with Crippen LogP contribution < -0.4 is 19.1 Å². The Bertz CT molecular complexity index is 1400. The van der Waals surface area contributed by atoms with Crippen LogP contribution >= 0.6 is 0 Å². The molecule has 1 amide bonds. The predicted octanol–water partition coefficient (Wildman–Crippen LogP) is 4.32. The van der Waals surface area contributed by atoms with Gasteiger partial charge < -0.3 is 24.4 Å². The summed E-state index contributed by atoms with van der Waals surface area (Å²) in [5.74, 6) is -4.80. The maximum atomic E-state index is 14.1. The lowest BCUT2D eigenvalue weighted by atomic mass is 9.94. The molecule has 1 saturated heterocycles. The summed E-state index contributed by atoms with van der Waals surface area (Å²) in [5.41, 5.74) is -0.239. The van der Waals surface area contributed by atoms with Crippen molar-refractivity contribution in [3.8, 4) is 23.0 Å². The Hall–Kier alpha value is -4.60. The Morgan fingerprint density at radius 1 is 0.861 bits per heavy atom. The molecule has 1 unspecified atom stereocenters. The number of aromatic hydroxyl groups is 1. The van der Waals surface area contributed by atoms with E-state index in [9.17, 15) is 28.6 Å². The zero-order valence-corrected chi connectivity index (χ0v) is 19.4. The minimum absolute atomic E-state index is 0.0582. The van der Waals surface area contributed by atoms with Gasteiger partial charge in [0.2, 0.25) is 0 Å². The summed E-state index contributed by atoms with van der Waals surface area (Å²) in [5, 5.41) is 21.7. The van der Waals surface area contributed by atoms with Crippen LogP contribution in [0.2, 0.25) is 0 Å². The molecule has 4 rings (SSSR count). The average molecular weight is 497 g/mol. The molecule has 1 fully saturated rings. The number of halogens is 2. The van der Waals surface area contributed by atoms with E-state index in [0.717, 1.165) is 23.1 Å². The molecule has 3 aromatic rings. The molecule has 8 nitrogen and oxygen atoms in total. The van der Waals surface area contributed by atoms with Gasteiger partial charge in [-0.25, -0.2) is 8.78 Å². The van der Waals surface area contributed by atoms with Crippen LogP contribution in [0.15, 0.2) is 60.2 Å². The number of rotatable bonds is 6. The van der Waals surface area contributed by atoms with E-state index in [0.29, 0.717) is 5.75 Å². The first-order valence-electron chi connectivity index (χ1n) is 10.6. The number of amides is 1. The molecule has 1 atom stereocenters. The van der Waals surface area contributed by atoms with Gasteiger partial charge in [-0.15, -0.1) is 0 Å². The number of methoxy groups -OCH3 is 3. The first kappa shape index (κ1) is 24.5. The van der Waals surface area contributed by atoms with Crippen LogP contribution in [0.5, 0.6) is 23.0 Å². The van der Waals surface area contributed by atoms with Gasteiger partial charge in [0.15, 0.2) is 23.1 Å². The second-order valence-corrected chi connectivity index (χ2v) is 7.77. The molecule has 0 saturated carbocycles. The number of carbonyl (C=O) groups is 2. The summed E-state index contributed by atoms with van der Waals surface area (Å²) >= 11 is 0. The minimum atomic E-state index is -1.32. The Kier molecular flexibility index (Phi) is 6.52. The van der Waals surface area contributed by atoms with E-state index in [4.69, 9.17) is 14.2 Å². The number of hydrogen-bond acceptors (Lipinski definition) is 7. The molecule has 0 bridgehead atoms. The summed E-state index contributed by atoms with van der Waals surface area (Å²) in [6, 6.07) is 10.0. The standard InChI is InChI=1S/C26H21F2NO7/c1-34-15-6-9-20(35-2)16(12-15)24(31)22-23(13-4-8-21(36-3)19(30)10-13)29(26(33)25(22)32)14-5-7-17(27)18(28)11-14/h4-12,23,30-31H,1-3H3/b24-22+. The highest BCUT2D eigenvalue weighted by Crippen LogP contribution is 2.45. The number of aliphatic hydroxyl groups excluding tert-OH is 1. The molecule has 3 aromatic carbocycles. The Labute approximate surface area is 204 Å². The number of benzene rings is 3. The van der Waals surface area contributed by atoms with Crippen LogP contribution in [-0.4, -0.2) is 43.2 Å². The molecule has 1 aliphatic rings. The molecule has 0 radical (unpaired) electrons. The van der Waals surface area contributed by atoms with Crippen molar-refractivity contribution in [3.05, 3.63) is 82.9 Å². The SMILES string of the molecule is COc1ccc(OC)c(/C(O)=C2\C(=O)C(=O)N(c3ccc(F)c(F)c3)C2c2ccc(OC)c(O)c2)c1. The average Bonchev–Trinajstić information content (AvgIpc) is 3.15. The number of aliphatic hydroxyl groups is 1. The van der Waals surface area contributed by atoms with Crippen LogP contribution in [0.25, 0.3) is 5.76 Å². The van der Waals surface area contributed by atoms with Gasteiger partial charge in [-0.2, -0.15) is 0 Å². The Balaban J connectivity index is 2.01. The first-order valence-corrected chi connectivity index (χ1v) is 10.6. The molecule has 2 N–H and O–H groups in total. The van der Waals surface area contributed by atoms with Crippen molar-refractivity contribution in [2.75, 3.05) is 26.2 Å². The molecule has 186 valence electrons. The van der Waals surface area contributed by atoms with E-state index in [1.54, 1.807) is 6.07 Å². The Morgan fingerprint density at radius 3 is 2.17 bits per heavy atom. The van der Waals surface area contributed by atoms with E-state index >= 15 is 0 Å². The summed E-state index contributed by atoms with van der Waals surface area (Å²) in [6.45, 7) is 0. The summed E-state index contributed by atoms with van der Waals surface area (Å²) in [7, 11) is 4.11. The number of ketones is 1. The van der Waals surface area contributed by atoms with Gasteiger partial charge >= 0.3 is 0 Å². The van der Waals surface area contributed by atoms with Crippen LogP contribution in [0.4, 0.5) is 14.5 Å². The van der Waals surface area contributed by atoms with Crippen molar-refractivity contribution < 1.29 is 42.8 Å². The Morgan fingerprint density at radius 2 is 1.56 bits per heavy atom. The number of nitrogens with zero attached hydrogens (tertiary/aromatic N) is 1. The second kappa shape index (κ2) is 9.57. The van der Waals surface area contributed by atoms with E-state index < -0.39 is 35.1 Å². The fourth-order valence-corrected chi connectivity index (χ4v) is 4.07. The van der Waals surface area contributed by atoms with Crippen molar-refractivity contribution in [2.24, 2.45) is 0 Å². The van der Waals surface area contributed by atoms with Crippen LogP contribution in [0.3, 0.4) is 0 Å². The van der Waals surface area contributed by atoms with Crippen LogP contribution in [0, 0.1) is 11.6 Å². The lowest BCUT2D eigenvalue weighted by Crippen LogP contribution is -2.29. The van der Waals surface area contributed by atoms with Crippen molar-refractivity contribution in [3.63, 3.8) is 0 Å². The summed E-state index contributed by atoms with van der Waals surface area (Å²) < 4.78 is 43.3. The topological polar surface area (TPSA) is 106 Å². The highest BCUT2D eigenvalue weighted by molar-refractivity contribution is 6.51. The fraction of sp³-hybridized carbons (Fsp3) is 0.154. The molecule has 1 aliphatic heterocycles. The van der Waals surface area contributed by atoms with Crippen LogP contribution in [0.1, 0.15) is 17.2 Å². The number of hydrogen-bond donors (Lipinski definition) is 2. The third-order valence-corrected chi connectivity index (χ3v) is 5.81. The number of anilines is 1. The third-order valence-electron chi connectivity index (χ3n) is 5.81. The normalized spacial score (nSPS) is 16.8. The van der Waals surface area contributed by atoms with Gasteiger partial charge in [-0.1, -0.05) is 6.07 Å². The quantitative estimate of drug-likeness (QED) is 0.297. The molecule has 0 aromatic heterocycles. The molecular formula is C26H21F2NO7. The van der Waals surface area contributed by atoms with Gasteiger partial charge in [0, 0.05) is 11.8 Å². The largest absolute Gasteiger partial charge is 0.507 e. The minimum Gasteiger partial charge on any atom is -0.507 e. The summed E-state index contributed by atoms with van der Waals surface area (Å²) in [4.78, 5) is 27.4. The highest BCUT2D eigenvalue weighted by atomic mass is 19.2. The lowest BCUT2D eigenvalue weighted by molar-refractivity contribution is -0.132. The molecule has 36 heavy (non-hydrogen) atoms. The van der Waals surface area contributed by atoms with Crippen molar-refractivity contribution in [1.82, 2.24) is 0 Å². The van der Waals surface area contributed by atoms with Crippen LogP contribution in [-0.2, 0) is 9.59 Å². The predicted molar refractivity (Wildman–Crippen MR) is 125 cm³/mol. The fourth-order valence-electron chi connectivity index (χ4n) is 4.07. The van der Waals surface area contributed by atoms with Crippen molar-refractivity contribution in [1.29, 1.82) is 0 Å². The van der Waals surface area contributed by atoms with Crippen molar-refractivity contribution in [2.45, 2.75) is 6.04 Å². The molecule has 0 spiro atoms. The zero-order chi connectivity index (χ0) is 26.1. The highest BCUT2D eigenvalue weighted by Gasteiger charge is 2.47. The smallest absolute Gasteiger partial charge is 0.300 e. The van der Waals surface area contributed by atoms with Gasteiger partial charge in [-0.3, -0.25) is 14.5 Å². The maximum Gasteiger partial charge on any atom is 0.300 e. The van der Waals surface area contributed by atoms with Crippen molar-refractivity contribution >= 4 is 23.1 Å². The van der Waals surface area contributed by atoms with Gasteiger partial charge in [0.25, 0.3) is 11.7 Å². The lowest BCUT2D eigenvalue weighted by Gasteiger charge is -2.26. The van der Waals surface area contributed by atoms with Gasteiger partial charge in [0.05, 0.1) is 38.5 Å². The van der Waals surface area contributed by atoms with E-state index in [-0.39, 0.29) is 39.6 Å². The number of phenolic OH excluding ortho intramolecular Hbond substituents is 1. The van der Waals surface area contributed by atoms with E-state index in [1.165, 1.54) is 51.7 Å². The zero-order valence-electron chi connectivity index (χ0n) is 19.4. The monoisotopic (exact) mass is 497 g/mol. The number of phenols is 1. The van der Waals surface area contributed by atoms with Gasteiger partial charge in [0.1, 0.15) is 17.3 Å². The number of carbonyl (C=O) groups excluding carboxylic acids is 2.